The van der Waals surface area contributed by atoms with E-state index in [1.807, 2.05) is 30.3 Å². The zero-order valence-corrected chi connectivity index (χ0v) is 12.8. The Bertz CT molecular complexity index is 525. The molecule has 2 fully saturated rings. The van der Waals surface area contributed by atoms with E-state index in [0.29, 0.717) is 25.7 Å². The number of carbonyl (C=O) groups excluding carboxylic acids is 2. The number of hydrogen-bond donors (Lipinski definition) is 1. The van der Waals surface area contributed by atoms with E-state index >= 15 is 0 Å². The van der Waals surface area contributed by atoms with Crippen LogP contribution in [0.25, 0.3) is 0 Å². The molecule has 0 radical (unpaired) electrons. The fourth-order valence-electron chi connectivity index (χ4n) is 3.47. The summed E-state index contributed by atoms with van der Waals surface area (Å²) in [6.45, 7) is 1.71. The van der Waals surface area contributed by atoms with Crippen LogP contribution in [0.3, 0.4) is 0 Å². The number of carbonyl (C=O) groups is 2. The van der Waals surface area contributed by atoms with Crippen molar-refractivity contribution >= 4 is 11.8 Å². The number of benzene rings is 1. The highest BCUT2D eigenvalue weighted by Gasteiger charge is 2.39. The molecule has 1 aliphatic carbocycles. The van der Waals surface area contributed by atoms with Crippen LogP contribution < -0.4 is 5.32 Å². The van der Waals surface area contributed by atoms with E-state index in [4.69, 9.17) is 4.74 Å². The van der Waals surface area contributed by atoms with E-state index in [1.165, 1.54) is 0 Å². The molecule has 1 N–H and O–H groups in total. The zero-order chi connectivity index (χ0) is 15.4. The van der Waals surface area contributed by atoms with Crippen molar-refractivity contribution in [3.8, 4) is 0 Å². The quantitative estimate of drug-likeness (QED) is 0.872. The first-order valence-electron chi connectivity index (χ1n) is 8.20. The SMILES string of the molecule is O=C1CCC(C(=O)OC2(c3ccccc3)CCNCC2)CC1. The number of Topliss-reactive ketones (excluding diaryl/α,β-unsaturated/α-hetero) is 1. The highest BCUT2D eigenvalue weighted by molar-refractivity contribution is 5.82. The van der Waals surface area contributed by atoms with Crippen molar-refractivity contribution in [2.75, 3.05) is 13.1 Å². The van der Waals surface area contributed by atoms with Gasteiger partial charge >= 0.3 is 5.97 Å². The van der Waals surface area contributed by atoms with E-state index in [1.54, 1.807) is 0 Å². The van der Waals surface area contributed by atoms with Gasteiger partial charge in [-0.2, -0.15) is 0 Å². The predicted molar refractivity (Wildman–Crippen MR) is 83.3 cm³/mol. The molecular formula is C18H23NO3. The number of ketones is 1. The van der Waals surface area contributed by atoms with Crippen LogP contribution in [0.4, 0.5) is 0 Å². The maximum Gasteiger partial charge on any atom is 0.309 e. The second-order valence-electron chi connectivity index (χ2n) is 6.34. The highest BCUT2D eigenvalue weighted by Crippen LogP contribution is 2.36. The molecule has 1 aliphatic heterocycles. The molecule has 0 atom stereocenters. The summed E-state index contributed by atoms with van der Waals surface area (Å²) in [5.74, 6) is 0.0233. The third kappa shape index (κ3) is 3.22. The van der Waals surface area contributed by atoms with E-state index in [2.05, 4.69) is 5.32 Å². The molecule has 0 bridgehead atoms. The minimum atomic E-state index is -0.509. The average Bonchev–Trinajstić information content (AvgIpc) is 2.57. The van der Waals surface area contributed by atoms with Gasteiger partial charge in [0.1, 0.15) is 11.4 Å². The van der Waals surface area contributed by atoms with E-state index < -0.39 is 5.60 Å². The van der Waals surface area contributed by atoms with Gasteiger partial charge in [-0.25, -0.2) is 0 Å². The Morgan fingerprint density at radius 1 is 1.09 bits per heavy atom. The number of nitrogens with one attached hydrogen (secondary N) is 1. The van der Waals surface area contributed by atoms with Gasteiger partial charge in [0.15, 0.2) is 0 Å². The lowest BCUT2D eigenvalue weighted by molar-refractivity contribution is -0.170. The minimum absolute atomic E-state index is 0.117. The number of piperidine rings is 1. The van der Waals surface area contributed by atoms with E-state index in [0.717, 1.165) is 31.5 Å². The van der Waals surface area contributed by atoms with Crippen molar-refractivity contribution in [1.82, 2.24) is 5.32 Å². The van der Waals surface area contributed by atoms with Crippen molar-refractivity contribution in [2.45, 2.75) is 44.1 Å². The Morgan fingerprint density at radius 2 is 1.73 bits per heavy atom. The summed E-state index contributed by atoms with van der Waals surface area (Å²) in [6.07, 6.45) is 3.91. The van der Waals surface area contributed by atoms with Crippen LogP contribution in [0.15, 0.2) is 30.3 Å². The lowest BCUT2D eigenvalue weighted by atomic mass is 9.83. The monoisotopic (exact) mass is 301 g/mol. The highest BCUT2D eigenvalue weighted by atomic mass is 16.6. The Morgan fingerprint density at radius 3 is 2.36 bits per heavy atom. The van der Waals surface area contributed by atoms with Crippen LogP contribution in [-0.2, 0) is 19.9 Å². The van der Waals surface area contributed by atoms with Gasteiger partial charge in [0.05, 0.1) is 5.92 Å². The molecule has 1 saturated heterocycles. The Labute approximate surface area is 131 Å². The molecule has 0 spiro atoms. The molecule has 22 heavy (non-hydrogen) atoms. The predicted octanol–water partition coefficient (Wildman–Crippen LogP) is 2.57. The third-order valence-electron chi connectivity index (χ3n) is 4.88. The fraction of sp³-hybridized carbons (Fsp3) is 0.556. The topological polar surface area (TPSA) is 55.4 Å². The maximum absolute atomic E-state index is 12.6. The number of hydrogen-bond acceptors (Lipinski definition) is 4. The van der Waals surface area contributed by atoms with Crippen LogP contribution >= 0.6 is 0 Å². The smallest absolute Gasteiger partial charge is 0.309 e. The van der Waals surface area contributed by atoms with Crippen molar-refractivity contribution in [1.29, 1.82) is 0 Å². The van der Waals surface area contributed by atoms with Crippen molar-refractivity contribution in [2.24, 2.45) is 5.92 Å². The Kier molecular flexibility index (Phi) is 4.57. The first-order chi connectivity index (χ1) is 10.7. The normalized spacial score (nSPS) is 22.3. The minimum Gasteiger partial charge on any atom is -0.454 e. The molecule has 1 saturated carbocycles. The van der Waals surface area contributed by atoms with Crippen molar-refractivity contribution < 1.29 is 14.3 Å². The maximum atomic E-state index is 12.6. The summed E-state index contributed by atoms with van der Waals surface area (Å²) in [5.41, 5.74) is 0.571. The second-order valence-corrected chi connectivity index (χ2v) is 6.34. The molecule has 4 heteroatoms. The van der Waals surface area contributed by atoms with E-state index in [-0.39, 0.29) is 17.7 Å². The van der Waals surface area contributed by atoms with Crippen molar-refractivity contribution in [3.63, 3.8) is 0 Å². The summed E-state index contributed by atoms with van der Waals surface area (Å²) < 4.78 is 6.05. The average molecular weight is 301 g/mol. The van der Waals surface area contributed by atoms with Gasteiger partial charge in [0.2, 0.25) is 0 Å². The van der Waals surface area contributed by atoms with Crippen LogP contribution in [-0.4, -0.2) is 24.8 Å². The lowest BCUT2D eigenvalue weighted by Crippen LogP contribution is -2.44. The summed E-state index contributed by atoms with van der Waals surface area (Å²) in [4.78, 5) is 23.9. The molecule has 0 unspecified atom stereocenters. The van der Waals surface area contributed by atoms with Crippen LogP contribution in [0.5, 0.6) is 0 Å². The van der Waals surface area contributed by atoms with Gasteiger partial charge in [-0.05, 0) is 31.5 Å². The summed E-state index contributed by atoms with van der Waals surface area (Å²) in [7, 11) is 0. The summed E-state index contributed by atoms with van der Waals surface area (Å²) in [6, 6.07) is 10.1. The number of rotatable bonds is 3. The van der Waals surface area contributed by atoms with Gasteiger partial charge in [-0.1, -0.05) is 30.3 Å². The van der Waals surface area contributed by atoms with Crippen molar-refractivity contribution in [3.05, 3.63) is 35.9 Å². The van der Waals surface area contributed by atoms with Gasteiger partial charge in [0.25, 0.3) is 0 Å². The summed E-state index contributed by atoms with van der Waals surface area (Å²) >= 11 is 0. The van der Waals surface area contributed by atoms with Gasteiger partial charge in [0, 0.05) is 25.7 Å². The zero-order valence-electron chi connectivity index (χ0n) is 12.8. The molecule has 0 aromatic heterocycles. The fourth-order valence-corrected chi connectivity index (χ4v) is 3.47. The molecule has 3 rings (SSSR count). The number of ether oxygens (including phenoxy) is 1. The molecule has 0 amide bonds. The molecule has 1 aromatic carbocycles. The lowest BCUT2D eigenvalue weighted by Gasteiger charge is -2.38. The first-order valence-corrected chi connectivity index (χ1v) is 8.20. The molecule has 1 heterocycles. The summed E-state index contributed by atoms with van der Waals surface area (Å²) in [5, 5.41) is 3.33. The molecule has 2 aliphatic rings. The molecule has 1 aromatic rings. The number of esters is 1. The van der Waals surface area contributed by atoms with Crippen LogP contribution in [0, 0.1) is 5.92 Å². The third-order valence-corrected chi connectivity index (χ3v) is 4.88. The molecule has 118 valence electrons. The van der Waals surface area contributed by atoms with Crippen LogP contribution in [0.2, 0.25) is 0 Å². The molecule has 4 nitrogen and oxygen atoms in total. The van der Waals surface area contributed by atoms with Crippen LogP contribution in [0.1, 0.15) is 44.1 Å². The standard InChI is InChI=1S/C18H23NO3/c20-16-8-6-14(7-9-16)17(21)22-18(10-12-19-13-11-18)15-4-2-1-3-5-15/h1-5,14,19H,6-13H2. The second kappa shape index (κ2) is 6.61. The Balaban J connectivity index is 1.76. The largest absolute Gasteiger partial charge is 0.454 e. The van der Waals surface area contributed by atoms with Gasteiger partial charge in [-0.3, -0.25) is 9.59 Å². The van der Waals surface area contributed by atoms with Gasteiger partial charge < -0.3 is 10.1 Å². The first kappa shape index (κ1) is 15.2. The molecular weight excluding hydrogens is 278 g/mol. The van der Waals surface area contributed by atoms with Gasteiger partial charge in [-0.15, -0.1) is 0 Å². The Hall–Kier alpha value is -1.68. The van der Waals surface area contributed by atoms with E-state index in [9.17, 15) is 9.59 Å².